The fraction of sp³-hybridized carbons (Fsp3) is 0.417. The number of hydrogen-bond donors (Lipinski definition) is 1. The number of carboxylic acid groups (broad SMARTS) is 1. The van der Waals surface area contributed by atoms with Crippen molar-refractivity contribution >= 4 is 39.1 Å². The van der Waals surface area contributed by atoms with Crippen molar-refractivity contribution in [2.24, 2.45) is 0 Å². The third-order valence-electron chi connectivity index (χ3n) is 6.19. The van der Waals surface area contributed by atoms with E-state index in [4.69, 9.17) is 16.6 Å². The number of benzene rings is 1. The van der Waals surface area contributed by atoms with E-state index in [9.17, 15) is 9.90 Å². The van der Waals surface area contributed by atoms with Crippen molar-refractivity contribution in [3.05, 3.63) is 51.0 Å². The number of aliphatic carboxylic acids is 1. The first-order chi connectivity index (χ1) is 13.9. The average molecular weight is 428 g/mol. The first kappa shape index (κ1) is 20.4. The van der Waals surface area contributed by atoms with Gasteiger partial charge in [-0.15, -0.1) is 11.3 Å². The van der Waals surface area contributed by atoms with Crippen molar-refractivity contribution in [1.82, 2.24) is 4.98 Å². The monoisotopic (exact) mass is 427 g/mol. The van der Waals surface area contributed by atoms with Gasteiger partial charge in [0.25, 0.3) is 0 Å². The zero-order chi connectivity index (χ0) is 20.8. The van der Waals surface area contributed by atoms with E-state index in [1.165, 1.54) is 23.3 Å². The third-order valence-corrected chi connectivity index (χ3v) is 7.63. The van der Waals surface area contributed by atoms with Crippen LogP contribution in [-0.2, 0) is 23.1 Å². The zero-order valence-electron chi connectivity index (χ0n) is 17.1. The van der Waals surface area contributed by atoms with E-state index in [0.29, 0.717) is 11.4 Å². The fourth-order valence-corrected chi connectivity index (χ4v) is 6.26. The van der Waals surface area contributed by atoms with Gasteiger partial charge >= 0.3 is 5.97 Å². The molecular formula is C24H26ClNO2S. The van der Waals surface area contributed by atoms with Gasteiger partial charge in [0.15, 0.2) is 0 Å². The number of carbonyl (C=O) groups is 1. The number of rotatable bonds is 5. The Labute approximate surface area is 180 Å². The maximum atomic E-state index is 12.5. The number of hydrogen-bond acceptors (Lipinski definition) is 3. The van der Waals surface area contributed by atoms with Crippen LogP contribution in [-0.4, -0.2) is 16.1 Å². The van der Waals surface area contributed by atoms with Crippen LogP contribution in [0.1, 0.15) is 61.2 Å². The summed E-state index contributed by atoms with van der Waals surface area (Å²) in [6.45, 7) is 5.85. The molecule has 0 saturated heterocycles. The van der Waals surface area contributed by atoms with Crippen LogP contribution in [0.25, 0.3) is 21.3 Å². The summed E-state index contributed by atoms with van der Waals surface area (Å²) in [6, 6.07) is 7.81. The van der Waals surface area contributed by atoms with Gasteiger partial charge in [-0.1, -0.05) is 37.1 Å². The average Bonchev–Trinajstić information content (AvgIpc) is 3.05. The van der Waals surface area contributed by atoms with Crippen LogP contribution in [0.2, 0.25) is 5.02 Å². The number of nitrogens with zero attached hydrogens (tertiary/aromatic N) is 1. The molecule has 1 unspecified atom stereocenters. The number of fused-ring (bicyclic) bond motifs is 3. The topological polar surface area (TPSA) is 50.2 Å². The number of thiophene rings is 1. The normalized spacial score (nSPS) is 15.9. The van der Waals surface area contributed by atoms with Crippen LogP contribution in [0.15, 0.2) is 24.3 Å². The van der Waals surface area contributed by atoms with Crippen molar-refractivity contribution in [3.63, 3.8) is 0 Å². The van der Waals surface area contributed by atoms with E-state index in [1.807, 2.05) is 45.0 Å². The van der Waals surface area contributed by atoms with Gasteiger partial charge in [0, 0.05) is 21.0 Å². The van der Waals surface area contributed by atoms with Crippen molar-refractivity contribution in [1.29, 1.82) is 0 Å². The summed E-state index contributed by atoms with van der Waals surface area (Å²) in [5.74, 6) is -0.789. The lowest BCUT2D eigenvalue weighted by Crippen LogP contribution is -2.34. The highest BCUT2D eigenvalue weighted by Crippen LogP contribution is 2.47. The maximum Gasteiger partial charge on any atom is 0.313 e. The molecule has 1 aromatic carbocycles. The number of halogens is 1. The molecule has 0 fully saturated rings. The first-order valence-electron chi connectivity index (χ1n) is 10.3. The highest BCUT2D eigenvalue weighted by atomic mass is 35.5. The quantitative estimate of drug-likeness (QED) is 0.479. The predicted molar refractivity (Wildman–Crippen MR) is 121 cm³/mol. The Morgan fingerprint density at radius 2 is 1.93 bits per heavy atom. The maximum absolute atomic E-state index is 12.5. The van der Waals surface area contributed by atoms with E-state index < -0.39 is 11.4 Å². The molecule has 2 aromatic heterocycles. The lowest BCUT2D eigenvalue weighted by molar-refractivity contribution is -0.143. The Kier molecular flexibility index (Phi) is 5.43. The highest BCUT2D eigenvalue weighted by molar-refractivity contribution is 7.19. The van der Waals surface area contributed by atoms with Crippen LogP contribution >= 0.6 is 22.9 Å². The summed E-state index contributed by atoms with van der Waals surface area (Å²) in [4.78, 5) is 19.9. The number of pyridine rings is 1. The van der Waals surface area contributed by atoms with Crippen LogP contribution in [0.3, 0.4) is 0 Å². The SMILES string of the molecule is CCCC(C)(C(=O)O)c1c(C)nc2sc3c(c2c1-c1ccc(Cl)cc1)CCCC3. The minimum atomic E-state index is -0.988. The van der Waals surface area contributed by atoms with E-state index >= 15 is 0 Å². The highest BCUT2D eigenvalue weighted by Gasteiger charge is 2.40. The molecule has 2 heterocycles. The molecule has 0 radical (unpaired) electrons. The third kappa shape index (κ3) is 3.36. The van der Waals surface area contributed by atoms with Crippen molar-refractivity contribution in [2.45, 2.75) is 64.7 Å². The Morgan fingerprint density at radius 3 is 2.59 bits per heavy atom. The summed E-state index contributed by atoms with van der Waals surface area (Å²) in [6.07, 6.45) is 5.89. The smallest absolute Gasteiger partial charge is 0.313 e. The zero-order valence-corrected chi connectivity index (χ0v) is 18.7. The molecule has 4 rings (SSSR count). The molecule has 1 aliphatic rings. The first-order valence-corrected chi connectivity index (χ1v) is 11.5. The van der Waals surface area contributed by atoms with Gasteiger partial charge in [-0.25, -0.2) is 4.98 Å². The molecule has 3 aromatic rings. The Balaban J connectivity index is 2.15. The van der Waals surface area contributed by atoms with Crippen LogP contribution in [0, 0.1) is 6.92 Å². The van der Waals surface area contributed by atoms with Gasteiger partial charge in [-0.2, -0.15) is 0 Å². The number of aromatic nitrogens is 1. The summed E-state index contributed by atoms with van der Waals surface area (Å²) in [7, 11) is 0. The standard InChI is InChI=1S/C24H26ClNO2S/c1-4-13-24(3,23(27)28)21-14(2)26-22-20(17-7-5-6-8-18(17)29-22)19(21)15-9-11-16(25)12-10-15/h9-12H,4-8,13H2,1-3H3,(H,27,28). The molecule has 5 heteroatoms. The largest absolute Gasteiger partial charge is 0.481 e. The van der Waals surface area contributed by atoms with E-state index in [-0.39, 0.29) is 0 Å². The minimum Gasteiger partial charge on any atom is -0.481 e. The van der Waals surface area contributed by atoms with Gasteiger partial charge in [0.2, 0.25) is 0 Å². The van der Waals surface area contributed by atoms with Gasteiger partial charge in [0.05, 0.1) is 5.41 Å². The van der Waals surface area contributed by atoms with Crippen LogP contribution < -0.4 is 0 Å². The summed E-state index contributed by atoms with van der Waals surface area (Å²) < 4.78 is 0. The van der Waals surface area contributed by atoms with Gasteiger partial charge in [0.1, 0.15) is 4.83 Å². The second kappa shape index (κ2) is 7.73. The summed E-state index contributed by atoms with van der Waals surface area (Å²) in [5, 5.41) is 12.1. The molecule has 0 aliphatic heterocycles. The van der Waals surface area contributed by atoms with E-state index in [1.54, 1.807) is 11.3 Å². The molecule has 0 saturated carbocycles. The summed E-state index contributed by atoms with van der Waals surface area (Å²) in [5.41, 5.74) is 4.13. The van der Waals surface area contributed by atoms with Gasteiger partial charge in [-0.3, -0.25) is 4.79 Å². The van der Waals surface area contributed by atoms with Gasteiger partial charge < -0.3 is 5.11 Å². The van der Waals surface area contributed by atoms with E-state index in [2.05, 4.69) is 0 Å². The van der Waals surface area contributed by atoms with E-state index in [0.717, 1.165) is 51.9 Å². The molecule has 0 spiro atoms. The Morgan fingerprint density at radius 1 is 1.24 bits per heavy atom. The lowest BCUT2D eigenvalue weighted by atomic mass is 9.73. The summed E-state index contributed by atoms with van der Waals surface area (Å²) >= 11 is 7.95. The molecule has 1 atom stereocenters. The van der Waals surface area contributed by atoms with Gasteiger partial charge in [-0.05, 0) is 80.3 Å². The molecule has 1 aliphatic carbocycles. The Bertz CT molecular complexity index is 1090. The molecule has 0 amide bonds. The Hall–Kier alpha value is -1.91. The number of carboxylic acids is 1. The predicted octanol–water partition coefficient (Wildman–Crippen LogP) is 6.95. The lowest BCUT2D eigenvalue weighted by Gasteiger charge is -2.30. The minimum absolute atomic E-state index is 0.573. The fourth-order valence-electron chi connectivity index (χ4n) is 4.82. The molecule has 152 valence electrons. The van der Waals surface area contributed by atoms with Crippen LogP contribution in [0.4, 0.5) is 0 Å². The van der Waals surface area contributed by atoms with Crippen molar-refractivity contribution in [3.8, 4) is 11.1 Å². The second-order valence-corrected chi connectivity index (χ2v) is 9.75. The van der Waals surface area contributed by atoms with Crippen molar-refractivity contribution in [2.75, 3.05) is 0 Å². The second-order valence-electron chi connectivity index (χ2n) is 8.23. The molecular weight excluding hydrogens is 402 g/mol. The molecule has 29 heavy (non-hydrogen) atoms. The molecule has 0 bridgehead atoms. The molecule has 1 N–H and O–H groups in total. The molecule has 3 nitrogen and oxygen atoms in total. The van der Waals surface area contributed by atoms with Crippen molar-refractivity contribution < 1.29 is 9.90 Å². The number of aryl methyl sites for hydroxylation is 3. The van der Waals surface area contributed by atoms with Crippen LogP contribution in [0.5, 0.6) is 0 Å².